The highest BCUT2D eigenvalue weighted by Gasteiger charge is 2.20. The van der Waals surface area contributed by atoms with Crippen LogP contribution < -0.4 is 5.32 Å². The van der Waals surface area contributed by atoms with E-state index < -0.39 is 0 Å². The lowest BCUT2D eigenvalue weighted by molar-refractivity contribution is 0.349. The molecule has 1 saturated carbocycles. The minimum absolute atomic E-state index is 0.558. The van der Waals surface area contributed by atoms with Gasteiger partial charge in [0.15, 0.2) is 0 Å². The van der Waals surface area contributed by atoms with Crippen molar-refractivity contribution < 1.29 is 0 Å². The third-order valence-electron chi connectivity index (χ3n) is 3.98. The molecule has 0 spiro atoms. The highest BCUT2D eigenvalue weighted by atomic mass is 15.0. The summed E-state index contributed by atoms with van der Waals surface area (Å²) in [4.78, 5) is 4.89. The van der Waals surface area contributed by atoms with E-state index in [2.05, 4.69) is 36.5 Å². The minimum atomic E-state index is 0.558. The van der Waals surface area contributed by atoms with Crippen molar-refractivity contribution in [1.82, 2.24) is 0 Å². The molecule has 1 fully saturated rings. The van der Waals surface area contributed by atoms with Gasteiger partial charge in [-0.25, -0.2) is 0 Å². The molecule has 1 heterocycles. The van der Waals surface area contributed by atoms with Gasteiger partial charge in [-0.2, -0.15) is 0 Å². The van der Waals surface area contributed by atoms with Gasteiger partial charge in [-0.3, -0.25) is 4.99 Å². The topological polar surface area (TPSA) is 24.4 Å². The summed E-state index contributed by atoms with van der Waals surface area (Å²) >= 11 is 0. The molecular weight excluding hydrogens is 208 g/mol. The summed E-state index contributed by atoms with van der Waals surface area (Å²) in [7, 11) is 0. The summed E-state index contributed by atoms with van der Waals surface area (Å²) in [5.41, 5.74) is 2.63. The summed E-state index contributed by atoms with van der Waals surface area (Å²) in [6.45, 7) is 2.35. The predicted molar refractivity (Wildman–Crippen MR) is 72.6 cm³/mol. The summed E-state index contributed by atoms with van der Waals surface area (Å²) in [5, 5.41) is 3.44. The lowest BCUT2D eigenvalue weighted by Crippen LogP contribution is -2.19. The Morgan fingerprint density at radius 3 is 2.65 bits per heavy atom. The quantitative estimate of drug-likeness (QED) is 0.780. The number of fused-ring (bicyclic) bond motifs is 1. The molecule has 1 aliphatic heterocycles. The Morgan fingerprint density at radius 1 is 1.12 bits per heavy atom. The fourth-order valence-corrected chi connectivity index (χ4v) is 2.85. The van der Waals surface area contributed by atoms with Crippen molar-refractivity contribution in [3.8, 4) is 0 Å². The van der Waals surface area contributed by atoms with Crippen LogP contribution in [0.15, 0.2) is 29.3 Å². The van der Waals surface area contributed by atoms with Crippen molar-refractivity contribution in [3.63, 3.8) is 0 Å². The van der Waals surface area contributed by atoms with E-state index in [1.807, 2.05) is 0 Å². The number of hydrogen-bond donors (Lipinski definition) is 1. The van der Waals surface area contributed by atoms with E-state index in [4.69, 9.17) is 4.99 Å². The highest BCUT2D eigenvalue weighted by molar-refractivity contribution is 6.03. The smallest absolute Gasteiger partial charge is 0.106 e. The number of hydrogen-bond acceptors (Lipinski definition) is 1. The monoisotopic (exact) mass is 228 g/mol. The molecule has 2 nitrogen and oxygen atoms in total. The summed E-state index contributed by atoms with van der Waals surface area (Å²) in [6, 6.07) is 9.07. The summed E-state index contributed by atoms with van der Waals surface area (Å²) in [6.07, 6.45) is 6.20. The van der Waals surface area contributed by atoms with Crippen LogP contribution in [0.25, 0.3) is 0 Å². The van der Waals surface area contributed by atoms with Crippen molar-refractivity contribution in [2.24, 2.45) is 10.9 Å². The van der Waals surface area contributed by atoms with Crippen molar-refractivity contribution in [2.75, 3.05) is 5.32 Å². The molecule has 1 N–H and O–H groups in total. The van der Waals surface area contributed by atoms with Gasteiger partial charge in [-0.15, -0.1) is 0 Å². The fourth-order valence-electron chi connectivity index (χ4n) is 2.85. The predicted octanol–water partition coefficient (Wildman–Crippen LogP) is 3.63. The van der Waals surface area contributed by atoms with Crippen LogP contribution in [0.4, 0.5) is 5.69 Å². The van der Waals surface area contributed by atoms with Gasteiger partial charge in [0.1, 0.15) is 5.84 Å². The molecule has 0 atom stereocenters. The first kappa shape index (κ1) is 10.8. The van der Waals surface area contributed by atoms with Gasteiger partial charge in [0.25, 0.3) is 0 Å². The van der Waals surface area contributed by atoms with Crippen molar-refractivity contribution >= 4 is 11.5 Å². The number of nitrogens with one attached hydrogen (secondary N) is 1. The van der Waals surface area contributed by atoms with E-state index in [-0.39, 0.29) is 0 Å². The van der Waals surface area contributed by atoms with Gasteiger partial charge < -0.3 is 5.32 Å². The Hall–Kier alpha value is -1.31. The maximum Gasteiger partial charge on any atom is 0.106 e. The van der Waals surface area contributed by atoms with E-state index in [1.165, 1.54) is 42.8 Å². The molecule has 0 bridgehead atoms. The number of aliphatic imine (C=N–C) groups is 1. The van der Waals surface area contributed by atoms with Gasteiger partial charge in [-0.1, -0.05) is 25.1 Å². The second-order valence-corrected chi connectivity index (χ2v) is 5.45. The number of amidine groups is 1. The number of anilines is 1. The standard InChI is InChI=1S/C15H20N2/c1-11-6-8-13(9-7-11)16-15-10-12-4-2-3-5-14(12)17-15/h2-5,11,13H,6-10H2,1H3,(H,16,17). The molecule has 2 aliphatic rings. The first-order valence-electron chi connectivity index (χ1n) is 6.73. The van der Waals surface area contributed by atoms with Gasteiger partial charge in [0.2, 0.25) is 0 Å². The molecule has 0 radical (unpaired) electrons. The van der Waals surface area contributed by atoms with Crippen LogP contribution in [0.2, 0.25) is 0 Å². The average Bonchev–Trinajstić information content (AvgIpc) is 2.74. The molecule has 1 aromatic carbocycles. The zero-order valence-corrected chi connectivity index (χ0v) is 10.4. The third kappa shape index (κ3) is 2.36. The lowest BCUT2D eigenvalue weighted by Gasteiger charge is -2.23. The Bertz CT molecular complexity index is 401. The molecule has 1 aliphatic carbocycles. The van der Waals surface area contributed by atoms with Gasteiger partial charge in [0, 0.05) is 12.1 Å². The second-order valence-electron chi connectivity index (χ2n) is 5.45. The molecule has 0 aromatic heterocycles. The van der Waals surface area contributed by atoms with E-state index in [0.29, 0.717) is 6.04 Å². The van der Waals surface area contributed by atoms with Crippen molar-refractivity contribution in [3.05, 3.63) is 29.8 Å². The largest absolute Gasteiger partial charge is 0.344 e. The molecular formula is C15H20N2. The van der Waals surface area contributed by atoms with Crippen LogP contribution in [0.3, 0.4) is 0 Å². The first-order valence-corrected chi connectivity index (χ1v) is 6.73. The SMILES string of the molecule is CC1CCC(N=C2Cc3ccccc3N2)CC1. The van der Waals surface area contributed by atoms with Crippen LogP contribution in [0.1, 0.15) is 38.2 Å². The minimum Gasteiger partial charge on any atom is -0.344 e. The van der Waals surface area contributed by atoms with E-state index in [9.17, 15) is 0 Å². The van der Waals surface area contributed by atoms with Crippen LogP contribution in [0, 0.1) is 5.92 Å². The number of rotatable bonds is 1. The molecule has 0 saturated heterocycles. The summed E-state index contributed by atoms with van der Waals surface area (Å²) in [5.74, 6) is 2.07. The third-order valence-corrected chi connectivity index (χ3v) is 3.98. The van der Waals surface area contributed by atoms with Crippen LogP contribution >= 0.6 is 0 Å². The molecule has 3 rings (SSSR count). The van der Waals surface area contributed by atoms with Gasteiger partial charge in [-0.05, 0) is 43.2 Å². The zero-order valence-electron chi connectivity index (χ0n) is 10.4. The van der Waals surface area contributed by atoms with Gasteiger partial charge in [0.05, 0.1) is 6.04 Å². The summed E-state index contributed by atoms with van der Waals surface area (Å²) < 4.78 is 0. The normalized spacial score (nSPS) is 30.1. The molecule has 17 heavy (non-hydrogen) atoms. The Kier molecular flexibility index (Phi) is 2.87. The fraction of sp³-hybridized carbons (Fsp3) is 0.533. The van der Waals surface area contributed by atoms with Crippen LogP contribution in [-0.2, 0) is 6.42 Å². The maximum atomic E-state index is 4.89. The number of benzene rings is 1. The van der Waals surface area contributed by atoms with Gasteiger partial charge >= 0.3 is 0 Å². The Labute approximate surface area is 103 Å². The maximum absolute atomic E-state index is 4.89. The van der Waals surface area contributed by atoms with Crippen molar-refractivity contribution in [1.29, 1.82) is 0 Å². The second kappa shape index (κ2) is 4.52. The van der Waals surface area contributed by atoms with E-state index >= 15 is 0 Å². The molecule has 2 heteroatoms. The van der Waals surface area contributed by atoms with E-state index in [1.54, 1.807) is 0 Å². The first-order chi connectivity index (χ1) is 8.31. The Morgan fingerprint density at radius 2 is 1.88 bits per heavy atom. The molecule has 0 amide bonds. The molecule has 1 aromatic rings. The number of nitrogens with zero attached hydrogens (tertiary/aromatic N) is 1. The van der Waals surface area contributed by atoms with Crippen molar-refractivity contribution in [2.45, 2.75) is 45.1 Å². The Balaban J connectivity index is 1.68. The van der Waals surface area contributed by atoms with Crippen LogP contribution in [-0.4, -0.2) is 11.9 Å². The zero-order chi connectivity index (χ0) is 11.7. The average molecular weight is 228 g/mol. The number of para-hydroxylation sites is 1. The molecule has 0 unspecified atom stereocenters. The van der Waals surface area contributed by atoms with Crippen LogP contribution in [0.5, 0.6) is 0 Å². The molecule has 90 valence electrons. The highest BCUT2D eigenvalue weighted by Crippen LogP contribution is 2.28. The lowest BCUT2D eigenvalue weighted by atomic mass is 9.88. The van der Waals surface area contributed by atoms with E-state index in [0.717, 1.165) is 12.3 Å².